The maximum Gasteiger partial charge on any atom is 0.0235 e. The second-order valence-electron chi connectivity index (χ2n) is 3.33. The Kier molecular flexibility index (Phi) is 7.29. The van der Waals surface area contributed by atoms with Gasteiger partial charge in [-0.25, -0.2) is 0 Å². The number of nitrogens with one attached hydrogen (secondary N) is 1. The number of nitrogens with zero attached hydrogens (tertiary/aromatic N) is 1. The van der Waals surface area contributed by atoms with Crippen molar-refractivity contribution < 1.29 is 0 Å². The minimum absolute atomic E-state index is 0.829. The Morgan fingerprint density at radius 2 is 1.69 bits per heavy atom. The molecule has 0 bridgehead atoms. The number of likely N-dealkylation sites (N-methyl/N-ethyl adjacent to an activating group) is 1. The highest BCUT2D eigenvalue weighted by Gasteiger charge is 2.33. The summed E-state index contributed by atoms with van der Waals surface area (Å²) in [6.07, 6.45) is 1.40. The summed E-state index contributed by atoms with van der Waals surface area (Å²) in [5.41, 5.74) is 0. The third-order valence-corrected chi connectivity index (χ3v) is 2.55. The minimum atomic E-state index is 0.829. The third-order valence-electron chi connectivity index (χ3n) is 2.55. The van der Waals surface area contributed by atoms with Gasteiger partial charge in [-0.1, -0.05) is 27.7 Å². The van der Waals surface area contributed by atoms with E-state index in [2.05, 4.69) is 17.3 Å². The van der Waals surface area contributed by atoms with Gasteiger partial charge in [-0.15, -0.1) is 0 Å². The van der Waals surface area contributed by atoms with Gasteiger partial charge in [0.15, 0.2) is 0 Å². The summed E-state index contributed by atoms with van der Waals surface area (Å²) in [7, 11) is 2.21. The van der Waals surface area contributed by atoms with Crippen LogP contribution < -0.4 is 5.32 Å². The van der Waals surface area contributed by atoms with Crippen LogP contribution in [0.15, 0.2) is 0 Å². The Labute approximate surface area is 83.7 Å². The van der Waals surface area contributed by atoms with Crippen LogP contribution in [-0.4, -0.2) is 37.6 Å². The monoisotopic (exact) mass is 186 g/mol. The topological polar surface area (TPSA) is 15.3 Å². The van der Waals surface area contributed by atoms with Gasteiger partial charge in [0.25, 0.3) is 0 Å². The zero-order valence-corrected chi connectivity index (χ0v) is 9.93. The molecule has 80 valence electrons. The van der Waals surface area contributed by atoms with Gasteiger partial charge in [-0.05, 0) is 25.9 Å². The molecule has 2 heterocycles. The Balaban J connectivity index is 0.000000322. The molecule has 0 aromatic heterocycles. The molecule has 2 atom stereocenters. The van der Waals surface area contributed by atoms with Crippen LogP contribution in [0.2, 0.25) is 0 Å². The van der Waals surface area contributed by atoms with Crippen LogP contribution >= 0.6 is 0 Å². The van der Waals surface area contributed by atoms with Crippen molar-refractivity contribution in [3.8, 4) is 0 Å². The van der Waals surface area contributed by atoms with Crippen molar-refractivity contribution in [1.29, 1.82) is 0 Å². The van der Waals surface area contributed by atoms with E-state index in [1.807, 2.05) is 27.7 Å². The summed E-state index contributed by atoms with van der Waals surface area (Å²) < 4.78 is 0. The van der Waals surface area contributed by atoms with Crippen molar-refractivity contribution in [2.75, 3.05) is 26.7 Å². The largest absolute Gasteiger partial charge is 0.312 e. The maximum absolute atomic E-state index is 3.51. The molecule has 2 heteroatoms. The first-order valence-electron chi connectivity index (χ1n) is 5.78. The van der Waals surface area contributed by atoms with Crippen LogP contribution in [0.4, 0.5) is 0 Å². The molecular formula is C11H26N2. The van der Waals surface area contributed by atoms with E-state index < -0.39 is 0 Å². The molecule has 1 N–H and O–H groups in total. The quantitative estimate of drug-likeness (QED) is 0.622. The molecule has 2 rings (SSSR count). The van der Waals surface area contributed by atoms with Crippen LogP contribution in [0.3, 0.4) is 0 Å². The van der Waals surface area contributed by atoms with Gasteiger partial charge in [0.2, 0.25) is 0 Å². The fraction of sp³-hybridized carbons (Fsp3) is 1.00. The number of fused-ring (bicyclic) bond motifs is 1. The molecular weight excluding hydrogens is 160 g/mol. The molecule has 2 fully saturated rings. The highest BCUT2D eigenvalue weighted by Crippen LogP contribution is 2.22. The van der Waals surface area contributed by atoms with Gasteiger partial charge in [0.1, 0.15) is 0 Å². The zero-order chi connectivity index (χ0) is 10.3. The Morgan fingerprint density at radius 3 is 2.23 bits per heavy atom. The van der Waals surface area contributed by atoms with E-state index in [4.69, 9.17) is 0 Å². The molecule has 0 saturated carbocycles. The van der Waals surface area contributed by atoms with Crippen molar-refractivity contribution in [2.24, 2.45) is 5.92 Å². The minimum Gasteiger partial charge on any atom is -0.312 e. The van der Waals surface area contributed by atoms with Gasteiger partial charge >= 0.3 is 0 Å². The first-order chi connectivity index (χ1) is 6.36. The predicted octanol–water partition coefficient (Wildman–Crippen LogP) is 1.96. The number of hydrogen-bond donors (Lipinski definition) is 1. The Morgan fingerprint density at radius 1 is 1.08 bits per heavy atom. The molecule has 13 heavy (non-hydrogen) atoms. The number of hydrogen-bond acceptors (Lipinski definition) is 2. The highest BCUT2D eigenvalue weighted by atomic mass is 15.2. The Hall–Kier alpha value is -0.0800. The molecule has 0 radical (unpaired) electrons. The standard InChI is InChI=1S/C7H14N2.2C2H6/c1-9-4-6-2-3-8-7(6)5-9;2*1-2/h6-8H,2-5H2,1H3;2*1-2H3. The average molecular weight is 186 g/mol. The lowest BCUT2D eigenvalue weighted by Gasteiger charge is -2.07. The molecule has 0 spiro atoms. The van der Waals surface area contributed by atoms with Gasteiger partial charge < -0.3 is 10.2 Å². The van der Waals surface area contributed by atoms with E-state index in [9.17, 15) is 0 Å². The lowest BCUT2D eigenvalue weighted by molar-refractivity contribution is 0.382. The molecule has 0 aromatic rings. The van der Waals surface area contributed by atoms with Crippen molar-refractivity contribution in [2.45, 2.75) is 40.2 Å². The molecule has 2 aliphatic heterocycles. The fourth-order valence-electron chi connectivity index (χ4n) is 2.06. The zero-order valence-electron chi connectivity index (χ0n) is 9.93. The molecule has 2 aliphatic rings. The first-order valence-corrected chi connectivity index (χ1v) is 5.78. The van der Waals surface area contributed by atoms with Gasteiger partial charge in [0.05, 0.1) is 0 Å². The average Bonchev–Trinajstić information content (AvgIpc) is 2.71. The van der Waals surface area contributed by atoms with Crippen LogP contribution in [-0.2, 0) is 0 Å². The van der Waals surface area contributed by atoms with E-state index in [-0.39, 0.29) is 0 Å². The van der Waals surface area contributed by atoms with Crippen molar-refractivity contribution in [1.82, 2.24) is 10.2 Å². The van der Waals surface area contributed by atoms with Crippen LogP contribution in [0.5, 0.6) is 0 Å². The Bertz CT molecular complexity index is 103. The van der Waals surface area contributed by atoms with Crippen molar-refractivity contribution in [3.63, 3.8) is 0 Å². The smallest absolute Gasteiger partial charge is 0.0235 e. The second kappa shape index (κ2) is 7.34. The molecule has 2 unspecified atom stereocenters. The summed E-state index contributed by atoms with van der Waals surface area (Å²) in [5, 5.41) is 3.51. The van der Waals surface area contributed by atoms with Crippen LogP contribution in [0.1, 0.15) is 34.1 Å². The van der Waals surface area contributed by atoms with Gasteiger partial charge in [0, 0.05) is 19.1 Å². The van der Waals surface area contributed by atoms with Crippen LogP contribution in [0, 0.1) is 5.92 Å². The SMILES string of the molecule is CC.CC.CN1CC2CCNC2C1. The first kappa shape index (κ1) is 12.9. The molecule has 0 amide bonds. The summed E-state index contributed by atoms with van der Waals surface area (Å²) >= 11 is 0. The predicted molar refractivity (Wildman–Crippen MR) is 60.1 cm³/mol. The molecule has 0 aliphatic carbocycles. The van der Waals surface area contributed by atoms with E-state index in [1.165, 1.54) is 26.1 Å². The van der Waals surface area contributed by atoms with Gasteiger partial charge in [-0.3, -0.25) is 0 Å². The second-order valence-corrected chi connectivity index (χ2v) is 3.33. The fourth-order valence-corrected chi connectivity index (χ4v) is 2.06. The third kappa shape index (κ3) is 3.65. The summed E-state index contributed by atoms with van der Waals surface area (Å²) in [6.45, 7) is 11.8. The molecule has 2 saturated heterocycles. The van der Waals surface area contributed by atoms with E-state index in [1.54, 1.807) is 0 Å². The van der Waals surface area contributed by atoms with E-state index in [0.29, 0.717) is 0 Å². The molecule has 2 nitrogen and oxygen atoms in total. The number of likely N-dealkylation sites (tertiary alicyclic amines) is 1. The summed E-state index contributed by atoms with van der Waals surface area (Å²) in [5.74, 6) is 0.968. The van der Waals surface area contributed by atoms with Crippen molar-refractivity contribution in [3.05, 3.63) is 0 Å². The van der Waals surface area contributed by atoms with Gasteiger partial charge in [-0.2, -0.15) is 0 Å². The summed E-state index contributed by atoms with van der Waals surface area (Å²) in [4.78, 5) is 2.42. The van der Waals surface area contributed by atoms with E-state index >= 15 is 0 Å². The number of rotatable bonds is 0. The van der Waals surface area contributed by atoms with Crippen LogP contribution in [0.25, 0.3) is 0 Å². The normalized spacial score (nSPS) is 31.2. The molecule has 0 aromatic carbocycles. The lowest BCUT2D eigenvalue weighted by Crippen LogP contribution is -2.28. The summed E-state index contributed by atoms with van der Waals surface area (Å²) in [6, 6.07) is 0.829. The van der Waals surface area contributed by atoms with Crippen molar-refractivity contribution >= 4 is 0 Å². The highest BCUT2D eigenvalue weighted by molar-refractivity contribution is 4.92. The maximum atomic E-state index is 3.51. The van der Waals surface area contributed by atoms with E-state index in [0.717, 1.165) is 12.0 Å². The lowest BCUT2D eigenvalue weighted by atomic mass is 10.1.